The minimum Gasteiger partial charge on any atom is -0.423 e. The average molecular weight is 391 g/mol. The molecular formula is C22H25N5O2. The van der Waals surface area contributed by atoms with Crippen LogP contribution in [0.4, 0.5) is 5.69 Å². The van der Waals surface area contributed by atoms with Crippen molar-refractivity contribution in [3.05, 3.63) is 59.7 Å². The number of carbonyl (C=O) groups excluding carboxylic acids is 1. The Kier molecular flexibility index (Phi) is 4.96. The Morgan fingerprint density at radius 1 is 1.03 bits per heavy atom. The predicted molar refractivity (Wildman–Crippen MR) is 114 cm³/mol. The van der Waals surface area contributed by atoms with Crippen LogP contribution in [0.15, 0.2) is 58.5 Å². The third kappa shape index (κ3) is 3.68. The van der Waals surface area contributed by atoms with Gasteiger partial charge in [0.25, 0.3) is 0 Å². The molecule has 1 spiro atoms. The second kappa shape index (κ2) is 7.58. The van der Waals surface area contributed by atoms with Gasteiger partial charge in [-0.15, -0.1) is 0 Å². The van der Waals surface area contributed by atoms with Gasteiger partial charge in [0, 0.05) is 0 Å². The molecule has 0 radical (unpaired) electrons. The van der Waals surface area contributed by atoms with Crippen LogP contribution in [0, 0.1) is 6.92 Å². The fourth-order valence-corrected chi connectivity index (χ4v) is 4.08. The van der Waals surface area contributed by atoms with Gasteiger partial charge in [0.15, 0.2) is 0 Å². The Morgan fingerprint density at radius 2 is 1.72 bits per heavy atom. The third-order valence-corrected chi connectivity index (χ3v) is 5.45. The van der Waals surface area contributed by atoms with Crippen molar-refractivity contribution in [3.63, 3.8) is 0 Å². The van der Waals surface area contributed by atoms with E-state index in [2.05, 4.69) is 9.98 Å². The van der Waals surface area contributed by atoms with E-state index in [1.165, 1.54) is 0 Å². The molecule has 0 aromatic heterocycles. The molecule has 29 heavy (non-hydrogen) atoms. The molecule has 0 bridgehead atoms. The van der Waals surface area contributed by atoms with Crippen molar-refractivity contribution in [2.24, 2.45) is 21.5 Å². The number of hydrogen-bond acceptors (Lipinski definition) is 7. The van der Waals surface area contributed by atoms with Gasteiger partial charge in [-0.2, -0.15) is 4.99 Å². The first-order valence-corrected chi connectivity index (χ1v) is 9.86. The monoisotopic (exact) mass is 391 g/mol. The normalized spacial score (nSPS) is 18.2. The molecule has 150 valence electrons. The van der Waals surface area contributed by atoms with E-state index in [1.54, 1.807) is 24.3 Å². The number of anilines is 1. The lowest BCUT2D eigenvalue weighted by atomic mass is 9.87. The van der Waals surface area contributed by atoms with Crippen LogP contribution in [0.2, 0.25) is 0 Å². The second-order valence-electron chi connectivity index (χ2n) is 7.54. The van der Waals surface area contributed by atoms with Gasteiger partial charge in [-0.25, -0.2) is 9.79 Å². The molecule has 4 rings (SSSR count). The number of aliphatic imine (C=N–C) groups is 2. The molecule has 0 saturated heterocycles. The summed E-state index contributed by atoms with van der Waals surface area (Å²) in [5.41, 5.74) is 13.8. The lowest BCUT2D eigenvalue weighted by Crippen LogP contribution is -2.58. The summed E-state index contributed by atoms with van der Waals surface area (Å²) in [6.07, 6.45) is 4.75. The summed E-state index contributed by atoms with van der Waals surface area (Å²) in [5.74, 6) is 0.464. The fraction of sp³-hybridized carbons (Fsp3) is 0.318. The van der Waals surface area contributed by atoms with Crippen molar-refractivity contribution < 1.29 is 9.53 Å². The maximum Gasteiger partial charge on any atom is 0.345 e. The van der Waals surface area contributed by atoms with Crippen LogP contribution in [0.5, 0.6) is 5.75 Å². The fourth-order valence-electron chi connectivity index (χ4n) is 4.08. The topological polar surface area (TPSA) is 106 Å². The van der Waals surface area contributed by atoms with Gasteiger partial charge in [0.1, 0.15) is 11.4 Å². The highest BCUT2D eigenvalue weighted by atomic mass is 16.5. The molecule has 4 N–H and O–H groups in total. The van der Waals surface area contributed by atoms with Gasteiger partial charge in [-0.1, -0.05) is 36.2 Å². The van der Waals surface area contributed by atoms with Crippen LogP contribution in [0.25, 0.3) is 0 Å². The predicted octanol–water partition coefficient (Wildman–Crippen LogP) is 3.32. The highest BCUT2D eigenvalue weighted by molar-refractivity contribution is 6.09. The smallest absolute Gasteiger partial charge is 0.345 e. The van der Waals surface area contributed by atoms with Crippen molar-refractivity contribution >= 4 is 23.6 Å². The van der Waals surface area contributed by atoms with Gasteiger partial charge >= 0.3 is 5.97 Å². The maximum absolute atomic E-state index is 13.0. The van der Waals surface area contributed by atoms with E-state index in [9.17, 15) is 4.79 Å². The largest absolute Gasteiger partial charge is 0.423 e. The zero-order chi connectivity index (χ0) is 20.4. The number of aryl methyl sites for hydroxylation is 1. The quantitative estimate of drug-likeness (QED) is 0.617. The van der Waals surface area contributed by atoms with E-state index < -0.39 is 11.6 Å². The molecule has 7 heteroatoms. The molecule has 1 aliphatic carbocycles. The molecule has 2 aromatic rings. The van der Waals surface area contributed by atoms with Crippen LogP contribution in [0.1, 0.15) is 48.0 Å². The summed E-state index contributed by atoms with van der Waals surface area (Å²) in [7, 11) is 0. The summed E-state index contributed by atoms with van der Waals surface area (Å²) >= 11 is 0. The molecule has 1 saturated carbocycles. The van der Waals surface area contributed by atoms with Crippen LogP contribution in [-0.2, 0) is 0 Å². The van der Waals surface area contributed by atoms with E-state index in [4.69, 9.17) is 16.2 Å². The number of para-hydroxylation sites is 1. The number of nitrogens with zero attached hydrogens (tertiary/aromatic N) is 3. The zero-order valence-electron chi connectivity index (χ0n) is 16.5. The summed E-state index contributed by atoms with van der Waals surface area (Å²) < 4.78 is 5.61. The molecule has 2 aromatic carbocycles. The number of ether oxygens (including phenoxy) is 1. The Labute approximate surface area is 170 Å². The van der Waals surface area contributed by atoms with Crippen molar-refractivity contribution in [3.8, 4) is 5.75 Å². The number of rotatable bonds is 3. The highest BCUT2D eigenvalue weighted by Gasteiger charge is 2.43. The molecule has 0 amide bonds. The van der Waals surface area contributed by atoms with Crippen molar-refractivity contribution in [1.29, 1.82) is 0 Å². The van der Waals surface area contributed by atoms with Gasteiger partial charge in [-0.05, 0) is 56.9 Å². The Hall–Kier alpha value is -3.35. The summed E-state index contributed by atoms with van der Waals surface area (Å²) in [6, 6.07) is 14.6. The van der Waals surface area contributed by atoms with E-state index in [0.29, 0.717) is 17.0 Å². The zero-order valence-corrected chi connectivity index (χ0v) is 16.5. The van der Waals surface area contributed by atoms with Gasteiger partial charge < -0.3 is 16.2 Å². The summed E-state index contributed by atoms with van der Waals surface area (Å²) in [5, 5.41) is 0. The number of hydrogen-bond donors (Lipinski definition) is 2. The standard InChI is InChI=1S/C22H25N5O2/c1-15-9-11-16(12-10-15)29-19(28)17-7-3-4-8-18(17)27-21(24)25-20(23)26-22(27)13-5-2-6-14-22/h3-4,7-12H,2,5-6,13-14H2,1H3,(H4,23,24,25,26). The molecule has 1 heterocycles. The van der Waals surface area contributed by atoms with Crippen LogP contribution in [0.3, 0.4) is 0 Å². The number of carbonyl (C=O) groups is 1. The first-order valence-electron chi connectivity index (χ1n) is 9.86. The van der Waals surface area contributed by atoms with Gasteiger partial charge in [0.05, 0.1) is 11.3 Å². The average Bonchev–Trinajstić information content (AvgIpc) is 2.70. The number of benzene rings is 2. The van der Waals surface area contributed by atoms with Gasteiger partial charge in [0.2, 0.25) is 11.9 Å². The lowest BCUT2D eigenvalue weighted by molar-refractivity contribution is 0.0735. The van der Waals surface area contributed by atoms with Crippen LogP contribution < -0.4 is 21.1 Å². The van der Waals surface area contributed by atoms with E-state index in [0.717, 1.165) is 37.7 Å². The first kappa shape index (κ1) is 19.0. The molecule has 1 aliphatic heterocycles. The van der Waals surface area contributed by atoms with E-state index in [1.807, 2.05) is 36.1 Å². The SMILES string of the molecule is Cc1ccc(OC(=O)c2ccccc2N2C(N)=NC(N)=NC23CCCCC3)cc1. The molecule has 0 atom stereocenters. The summed E-state index contributed by atoms with van der Waals surface area (Å²) in [4.78, 5) is 23.7. The van der Waals surface area contributed by atoms with Crippen LogP contribution >= 0.6 is 0 Å². The Balaban J connectivity index is 1.72. The molecule has 0 unspecified atom stereocenters. The van der Waals surface area contributed by atoms with E-state index >= 15 is 0 Å². The first-order chi connectivity index (χ1) is 14.0. The minimum atomic E-state index is -0.617. The number of esters is 1. The van der Waals surface area contributed by atoms with Crippen molar-refractivity contribution in [1.82, 2.24) is 0 Å². The van der Waals surface area contributed by atoms with Crippen LogP contribution in [-0.4, -0.2) is 23.6 Å². The van der Waals surface area contributed by atoms with Crippen molar-refractivity contribution in [2.45, 2.75) is 44.7 Å². The third-order valence-electron chi connectivity index (χ3n) is 5.45. The second-order valence-corrected chi connectivity index (χ2v) is 7.54. The number of guanidine groups is 2. The Bertz CT molecular complexity index is 975. The highest BCUT2D eigenvalue weighted by Crippen LogP contribution is 2.40. The molecule has 7 nitrogen and oxygen atoms in total. The van der Waals surface area contributed by atoms with Crippen molar-refractivity contribution in [2.75, 3.05) is 4.90 Å². The molecular weight excluding hydrogens is 366 g/mol. The van der Waals surface area contributed by atoms with E-state index in [-0.39, 0.29) is 11.9 Å². The minimum absolute atomic E-state index is 0.181. The van der Waals surface area contributed by atoms with Gasteiger partial charge in [-0.3, -0.25) is 4.90 Å². The summed E-state index contributed by atoms with van der Waals surface area (Å²) in [6.45, 7) is 1.98. The molecule has 1 fully saturated rings. The lowest BCUT2D eigenvalue weighted by Gasteiger charge is -2.46. The molecule has 2 aliphatic rings. The Morgan fingerprint density at radius 3 is 2.45 bits per heavy atom. The maximum atomic E-state index is 13.0. The number of nitrogens with two attached hydrogens (primary N) is 2.